The second-order valence-electron chi connectivity index (χ2n) is 5.39. The Hall–Kier alpha value is -0.780. The molecule has 0 nitrogen and oxygen atoms in total. The maximum Gasteiger partial charge on any atom is -0.0132 e. The third kappa shape index (κ3) is 2.62. The maximum absolute atomic E-state index is 2.39. The number of hydrogen-bond donors (Lipinski definition) is 0. The van der Waals surface area contributed by atoms with Gasteiger partial charge in [0, 0.05) is 0 Å². The van der Waals surface area contributed by atoms with Gasteiger partial charge in [0.15, 0.2) is 0 Å². The third-order valence-corrected chi connectivity index (χ3v) is 3.17. The lowest BCUT2D eigenvalue weighted by molar-refractivity contribution is 0.588. The Morgan fingerprint density at radius 3 is 2.00 bits per heavy atom. The minimum absolute atomic E-state index is 0.265. The van der Waals surface area contributed by atoms with Crippen molar-refractivity contribution in [1.82, 2.24) is 0 Å². The molecule has 0 radical (unpaired) electrons. The summed E-state index contributed by atoms with van der Waals surface area (Å²) in [4.78, 5) is 0. The van der Waals surface area contributed by atoms with Crippen molar-refractivity contribution in [2.24, 2.45) is 0 Å². The fourth-order valence-electron chi connectivity index (χ4n) is 2.14. The molecule has 15 heavy (non-hydrogen) atoms. The van der Waals surface area contributed by atoms with Gasteiger partial charge >= 0.3 is 0 Å². The smallest absolute Gasteiger partial charge is 0.0132 e. The van der Waals surface area contributed by atoms with Crippen molar-refractivity contribution < 1.29 is 0 Å². The second-order valence-corrected chi connectivity index (χ2v) is 5.39. The first-order chi connectivity index (χ1) is 6.90. The summed E-state index contributed by atoms with van der Waals surface area (Å²) in [5.74, 6) is 0. The number of rotatable bonds is 2. The van der Waals surface area contributed by atoms with Crippen LogP contribution >= 0.6 is 0 Å². The van der Waals surface area contributed by atoms with E-state index in [0.717, 1.165) is 12.8 Å². The van der Waals surface area contributed by atoms with Crippen molar-refractivity contribution >= 4 is 0 Å². The van der Waals surface area contributed by atoms with Gasteiger partial charge in [-0.3, -0.25) is 0 Å². The van der Waals surface area contributed by atoms with E-state index < -0.39 is 0 Å². The Kier molecular flexibility index (Phi) is 3.59. The van der Waals surface area contributed by atoms with Crippen molar-refractivity contribution in [2.45, 2.75) is 59.8 Å². The molecular formula is C15H24. The summed E-state index contributed by atoms with van der Waals surface area (Å²) < 4.78 is 0. The monoisotopic (exact) mass is 204 g/mol. The average Bonchev–Trinajstić information content (AvgIpc) is 2.15. The maximum atomic E-state index is 2.39. The molecule has 0 heterocycles. The molecule has 0 spiro atoms. The lowest BCUT2D eigenvalue weighted by atomic mass is 9.83. The molecule has 0 amide bonds. The standard InChI is InChI=1S/C15H24/c1-7-12-10-13(15(4,5)6)9-11(3)14(12)8-2/h9-10H,7-8H2,1-6H3. The second kappa shape index (κ2) is 4.38. The van der Waals surface area contributed by atoms with E-state index in [-0.39, 0.29) is 5.41 Å². The fourth-order valence-corrected chi connectivity index (χ4v) is 2.14. The summed E-state index contributed by atoms with van der Waals surface area (Å²) in [6.07, 6.45) is 2.30. The molecule has 0 bridgehead atoms. The van der Waals surface area contributed by atoms with E-state index in [9.17, 15) is 0 Å². The van der Waals surface area contributed by atoms with Crippen LogP contribution in [0.5, 0.6) is 0 Å². The van der Waals surface area contributed by atoms with Gasteiger partial charge < -0.3 is 0 Å². The normalized spacial score (nSPS) is 11.9. The Morgan fingerprint density at radius 2 is 1.60 bits per heavy atom. The first kappa shape index (κ1) is 12.3. The highest BCUT2D eigenvalue weighted by Gasteiger charge is 2.16. The van der Waals surface area contributed by atoms with Crippen LogP contribution in [0.3, 0.4) is 0 Å². The molecule has 0 aliphatic heterocycles. The van der Waals surface area contributed by atoms with Gasteiger partial charge in [-0.05, 0) is 47.4 Å². The molecule has 0 aromatic heterocycles. The summed E-state index contributed by atoms with van der Waals surface area (Å²) in [6, 6.07) is 4.75. The van der Waals surface area contributed by atoms with Crippen LogP contribution in [0.2, 0.25) is 0 Å². The molecule has 1 aromatic carbocycles. The largest absolute Gasteiger partial charge is 0.0613 e. The van der Waals surface area contributed by atoms with E-state index in [0.29, 0.717) is 0 Å². The van der Waals surface area contributed by atoms with Crippen LogP contribution in [0.1, 0.15) is 56.9 Å². The topological polar surface area (TPSA) is 0 Å². The highest BCUT2D eigenvalue weighted by Crippen LogP contribution is 2.27. The van der Waals surface area contributed by atoms with Crippen LogP contribution in [0.15, 0.2) is 12.1 Å². The van der Waals surface area contributed by atoms with Gasteiger partial charge in [0.1, 0.15) is 0 Å². The van der Waals surface area contributed by atoms with Gasteiger partial charge in [-0.15, -0.1) is 0 Å². The first-order valence-corrected chi connectivity index (χ1v) is 6.03. The van der Waals surface area contributed by atoms with Gasteiger partial charge in [0.05, 0.1) is 0 Å². The lowest BCUT2D eigenvalue weighted by Crippen LogP contribution is -2.13. The third-order valence-electron chi connectivity index (χ3n) is 3.17. The summed E-state index contributed by atoms with van der Waals surface area (Å²) in [5.41, 5.74) is 6.27. The summed E-state index contributed by atoms with van der Waals surface area (Å²) in [6.45, 7) is 13.6. The molecule has 0 saturated heterocycles. The Balaban J connectivity index is 3.32. The molecule has 0 aliphatic carbocycles. The van der Waals surface area contributed by atoms with E-state index in [1.807, 2.05) is 0 Å². The predicted octanol–water partition coefficient (Wildman–Crippen LogP) is 4.42. The number of aryl methyl sites for hydroxylation is 2. The van der Waals surface area contributed by atoms with Crippen molar-refractivity contribution in [3.63, 3.8) is 0 Å². The average molecular weight is 204 g/mol. The van der Waals surface area contributed by atoms with Crippen LogP contribution in [0.4, 0.5) is 0 Å². The van der Waals surface area contributed by atoms with Crippen LogP contribution < -0.4 is 0 Å². The molecule has 0 unspecified atom stereocenters. The van der Waals surface area contributed by atoms with Gasteiger partial charge in [0.25, 0.3) is 0 Å². The van der Waals surface area contributed by atoms with Crippen molar-refractivity contribution in [3.8, 4) is 0 Å². The van der Waals surface area contributed by atoms with E-state index in [1.54, 1.807) is 5.56 Å². The number of hydrogen-bond acceptors (Lipinski definition) is 0. The lowest BCUT2D eigenvalue weighted by Gasteiger charge is -2.22. The molecule has 1 rings (SSSR count). The Bertz CT molecular complexity index is 340. The van der Waals surface area contributed by atoms with Crippen molar-refractivity contribution in [3.05, 3.63) is 34.4 Å². The van der Waals surface area contributed by atoms with E-state index in [1.165, 1.54) is 16.7 Å². The molecule has 0 N–H and O–H groups in total. The zero-order valence-corrected chi connectivity index (χ0v) is 11.1. The SMILES string of the molecule is CCc1cc(C(C)(C)C)cc(C)c1CC. The molecule has 0 saturated carbocycles. The molecule has 84 valence electrons. The first-order valence-electron chi connectivity index (χ1n) is 6.03. The van der Waals surface area contributed by atoms with Crippen LogP contribution in [-0.2, 0) is 18.3 Å². The fraction of sp³-hybridized carbons (Fsp3) is 0.600. The number of benzene rings is 1. The molecule has 1 aromatic rings. The zero-order chi connectivity index (χ0) is 11.6. The van der Waals surface area contributed by atoms with Gasteiger partial charge in [0.2, 0.25) is 0 Å². The molecule has 0 atom stereocenters. The van der Waals surface area contributed by atoms with Gasteiger partial charge in [-0.25, -0.2) is 0 Å². The van der Waals surface area contributed by atoms with Gasteiger partial charge in [-0.1, -0.05) is 46.8 Å². The van der Waals surface area contributed by atoms with Crippen LogP contribution in [-0.4, -0.2) is 0 Å². The molecule has 0 aliphatic rings. The zero-order valence-electron chi connectivity index (χ0n) is 11.1. The molecular weight excluding hydrogens is 180 g/mol. The predicted molar refractivity (Wildman–Crippen MR) is 68.6 cm³/mol. The van der Waals surface area contributed by atoms with Crippen molar-refractivity contribution in [1.29, 1.82) is 0 Å². The quantitative estimate of drug-likeness (QED) is 0.669. The van der Waals surface area contributed by atoms with Gasteiger partial charge in [-0.2, -0.15) is 0 Å². The summed E-state index contributed by atoms with van der Waals surface area (Å²) >= 11 is 0. The van der Waals surface area contributed by atoms with Crippen LogP contribution in [0, 0.1) is 6.92 Å². The Morgan fingerprint density at radius 1 is 1.00 bits per heavy atom. The van der Waals surface area contributed by atoms with E-state index in [2.05, 4.69) is 53.7 Å². The highest BCUT2D eigenvalue weighted by atomic mass is 14.2. The molecule has 0 fully saturated rings. The van der Waals surface area contributed by atoms with Crippen molar-refractivity contribution in [2.75, 3.05) is 0 Å². The summed E-state index contributed by atoms with van der Waals surface area (Å²) in [5, 5.41) is 0. The highest BCUT2D eigenvalue weighted by molar-refractivity contribution is 5.41. The molecule has 0 heteroatoms. The minimum atomic E-state index is 0.265. The van der Waals surface area contributed by atoms with Crippen LogP contribution in [0.25, 0.3) is 0 Å². The van der Waals surface area contributed by atoms with E-state index in [4.69, 9.17) is 0 Å². The Labute approximate surface area is 94.7 Å². The van der Waals surface area contributed by atoms with E-state index >= 15 is 0 Å². The minimum Gasteiger partial charge on any atom is -0.0613 e. The summed E-state index contributed by atoms with van der Waals surface area (Å²) in [7, 11) is 0.